The number of ether oxygens (including phenoxy) is 2. The van der Waals surface area contributed by atoms with E-state index in [4.69, 9.17) is 9.47 Å². The highest BCUT2D eigenvalue weighted by Gasteiger charge is 2.23. The van der Waals surface area contributed by atoms with E-state index in [9.17, 15) is 4.79 Å². The van der Waals surface area contributed by atoms with Gasteiger partial charge in [-0.3, -0.25) is 4.79 Å². The van der Waals surface area contributed by atoms with E-state index in [0.717, 1.165) is 29.6 Å². The van der Waals surface area contributed by atoms with Crippen LogP contribution in [0.2, 0.25) is 0 Å². The van der Waals surface area contributed by atoms with E-state index in [0.29, 0.717) is 24.5 Å². The molecule has 0 N–H and O–H groups in total. The highest BCUT2D eigenvalue weighted by molar-refractivity contribution is 9.10. The highest BCUT2D eigenvalue weighted by atomic mass is 79.9. The summed E-state index contributed by atoms with van der Waals surface area (Å²) in [5, 5.41) is 0. The van der Waals surface area contributed by atoms with Crippen molar-refractivity contribution in [2.45, 2.75) is 13.3 Å². The molecule has 5 heteroatoms. The second kappa shape index (κ2) is 6.39. The first-order valence-corrected chi connectivity index (χ1v) is 7.14. The van der Waals surface area contributed by atoms with Gasteiger partial charge in [0.1, 0.15) is 5.75 Å². The van der Waals surface area contributed by atoms with Crippen LogP contribution in [0.4, 0.5) is 0 Å². The predicted molar refractivity (Wildman–Crippen MR) is 76.8 cm³/mol. The number of halogens is 1. The zero-order valence-corrected chi connectivity index (χ0v) is 12.8. The summed E-state index contributed by atoms with van der Waals surface area (Å²) in [4.78, 5) is 14.5. The van der Waals surface area contributed by atoms with Gasteiger partial charge in [0.25, 0.3) is 5.91 Å². The molecular formula is C14H18BrNO3. The molecule has 2 rings (SSSR count). The Morgan fingerprint density at radius 1 is 1.37 bits per heavy atom. The number of hydrogen-bond donors (Lipinski definition) is 0. The van der Waals surface area contributed by atoms with Gasteiger partial charge in [0.2, 0.25) is 0 Å². The van der Waals surface area contributed by atoms with Crippen molar-refractivity contribution in [1.29, 1.82) is 0 Å². The minimum absolute atomic E-state index is 0.0150. The lowest BCUT2D eigenvalue weighted by atomic mass is 10.1. The van der Waals surface area contributed by atoms with E-state index >= 15 is 0 Å². The van der Waals surface area contributed by atoms with Crippen LogP contribution in [0, 0.1) is 6.92 Å². The number of rotatable bonds is 2. The minimum Gasteiger partial charge on any atom is -0.495 e. The molecule has 1 amide bonds. The van der Waals surface area contributed by atoms with Crippen molar-refractivity contribution < 1.29 is 14.3 Å². The number of aryl methyl sites for hydroxylation is 1. The third kappa shape index (κ3) is 3.09. The van der Waals surface area contributed by atoms with Crippen LogP contribution in [-0.2, 0) is 4.74 Å². The average Bonchev–Trinajstić information content (AvgIpc) is 2.69. The Hall–Kier alpha value is -1.07. The van der Waals surface area contributed by atoms with Gasteiger partial charge in [-0.1, -0.05) is 6.07 Å². The van der Waals surface area contributed by atoms with Crippen molar-refractivity contribution in [3.05, 3.63) is 27.7 Å². The Morgan fingerprint density at radius 2 is 2.16 bits per heavy atom. The number of hydrogen-bond acceptors (Lipinski definition) is 3. The van der Waals surface area contributed by atoms with Crippen LogP contribution in [0.1, 0.15) is 22.3 Å². The zero-order valence-electron chi connectivity index (χ0n) is 11.2. The summed E-state index contributed by atoms with van der Waals surface area (Å²) in [5.74, 6) is 0.622. The molecule has 1 heterocycles. The standard InChI is InChI=1S/C14H18BrNO3/c1-10-4-5-11(15)13(18-2)12(10)14(17)16-6-3-8-19-9-7-16/h4-5H,3,6-9H2,1-2H3. The van der Waals surface area contributed by atoms with Crippen LogP contribution in [0.25, 0.3) is 0 Å². The van der Waals surface area contributed by atoms with Gasteiger partial charge in [-0.05, 0) is 40.9 Å². The summed E-state index contributed by atoms with van der Waals surface area (Å²) < 4.78 is 11.6. The Bertz CT molecular complexity index is 468. The van der Waals surface area contributed by atoms with Gasteiger partial charge >= 0.3 is 0 Å². The summed E-state index contributed by atoms with van der Waals surface area (Å²) in [6, 6.07) is 3.82. The molecule has 0 aromatic heterocycles. The summed E-state index contributed by atoms with van der Waals surface area (Å²) >= 11 is 3.43. The van der Waals surface area contributed by atoms with Gasteiger partial charge in [-0.15, -0.1) is 0 Å². The number of benzene rings is 1. The normalized spacial score (nSPS) is 16.1. The van der Waals surface area contributed by atoms with E-state index in [1.54, 1.807) is 7.11 Å². The van der Waals surface area contributed by atoms with Crippen molar-refractivity contribution >= 4 is 21.8 Å². The number of carbonyl (C=O) groups excluding carboxylic acids is 1. The molecule has 104 valence electrons. The Morgan fingerprint density at radius 3 is 2.89 bits per heavy atom. The number of carbonyl (C=O) groups is 1. The number of amides is 1. The highest BCUT2D eigenvalue weighted by Crippen LogP contribution is 2.32. The lowest BCUT2D eigenvalue weighted by Crippen LogP contribution is -2.34. The van der Waals surface area contributed by atoms with Crippen molar-refractivity contribution in [1.82, 2.24) is 4.90 Å². The maximum absolute atomic E-state index is 12.7. The van der Waals surface area contributed by atoms with Gasteiger partial charge in [0.15, 0.2) is 0 Å². The Balaban J connectivity index is 2.34. The van der Waals surface area contributed by atoms with Crippen molar-refractivity contribution in [3.8, 4) is 5.75 Å². The molecule has 4 nitrogen and oxygen atoms in total. The molecule has 0 radical (unpaired) electrons. The first-order chi connectivity index (χ1) is 9.15. The molecule has 0 spiro atoms. The smallest absolute Gasteiger partial charge is 0.258 e. The fourth-order valence-corrected chi connectivity index (χ4v) is 2.72. The molecule has 1 saturated heterocycles. The van der Waals surface area contributed by atoms with Crippen LogP contribution in [0.15, 0.2) is 16.6 Å². The van der Waals surface area contributed by atoms with Crippen LogP contribution >= 0.6 is 15.9 Å². The van der Waals surface area contributed by atoms with Crippen molar-refractivity contribution in [2.75, 3.05) is 33.4 Å². The summed E-state index contributed by atoms with van der Waals surface area (Å²) in [5.41, 5.74) is 1.56. The first kappa shape index (κ1) is 14.3. The lowest BCUT2D eigenvalue weighted by molar-refractivity contribution is 0.0737. The number of methoxy groups -OCH3 is 1. The predicted octanol–water partition coefficient (Wildman–Crippen LogP) is 2.63. The van der Waals surface area contributed by atoms with Crippen LogP contribution in [0.3, 0.4) is 0 Å². The van der Waals surface area contributed by atoms with Gasteiger partial charge in [-0.2, -0.15) is 0 Å². The summed E-state index contributed by atoms with van der Waals surface area (Å²) in [6.07, 6.45) is 0.876. The number of nitrogens with zero attached hydrogens (tertiary/aromatic N) is 1. The molecule has 0 atom stereocenters. The van der Waals surface area contributed by atoms with Gasteiger partial charge in [0.05, 0.1) is 23.8 Å². The zero-order chi connectivity index (χ0) is 13.8. The molecule has 1 fully saturated rings. The van der Waals surface area contributed by atoms with Gasteiger partial charge < -0.3 is 14.4 Å². The molecule has 0 aliphatic carbocycles. The minimum atomic E-state index is 0.0150. The second-order valence-electron chi connectivity index (χ2n) is 4.53. The molecule has 0 unspecified atom stereocenters. The van der Waals surface area contributed by atoms with E-state index in [1.165, 1.54) is 0 Å². The third-order valence-corrected chi connectivity index (χ3v) is 3.87. The second-order valence-corrected chi connectivity index (χ2v) is 5.38. The van der Waals surface area contributed by atoms with Crippen LogP contribution in [-0.4, -0.2) is 44.2 Å². The Kier molecular flexibility index (Phi) is 4.82. The molecule has 0 saturated carbocycles. The topological polar surface area (TPSA) is 38.8 Å². The molecular weight excluding hydrogens is 310 g/mol. The van der Waals surface area contributed by atoms with E-state index < -0.39 is 0 Å². The van der Waals surface area contributed by atoms with E-state index in [-0.39, 0.29) is 5.91 Å². The summed E-state index contributed by atoms with van der Waals surface area (Å²) in [7, 11) is 1.59. The molecule has 0 bridgehead atoms. The van der Waals surface area contributed by atoms with E-state index in [2.05, 4.69) is 15.9 Å². The third-order valence-electron chi connectivity index (χ3n) is 3.25. The quantitative estimate of drug-likeness (QED) is 0.838. The van der Waals surface area contributed by atoms with Crippen LogP contribution in [0.5, 0.6) is 5.75 Å². The first-order valence-electron chi connectivity index (χ1n) is 6.35. The monoisotopic (exact) mass is 327 g/mol. The van der Waals surface area contributed by atoms with Crippen molar-refractivity contribution in [3.63, 3.8) is 0 Å². The fourth-order valence-electron chi connectivity index (χ4n) is 2.23. The summed E-state index contributed by atoms with van der Waals surface area (Å²) in [6.45, 7) is 4.61. The SMILES string of the molecule is COc1c(Br)ccc(C)c1C(=O)N1CCCOCC1. The maximum atomic E-state index is 12.7. The fraction of sp³-hybridized carbons (Fsp3) is 0.500. The molecule has 1 aromatic carbocycles. The van der Waals surface area contributed by atoms with Gasteiger partial charge in [0, 0.05) is 19.7 Å². The van der Waals surface area contributed by atoms with E-state index in [1.807, 2.05) is 24.0 Å². The molecule has 1 aromatic rings. The van der Waals surface area contributed by atoms with Crippen LogP contribution < -0.4 is 4.74 Å². The molecule has 19 heavy (non-hydrogen) atoms. The Labute approximate surface area is 121 Å². The maximum Gasteiger partial charge on any atom is 0.258 e. The average molecular weight is 328 g/mol. The van der Waals surface area contributed by atoms with Gasteiger partial charge in [-0.25, -0.2) is 0 Å². The molecule has 1 aliphatic rings. The van der Waals surface area contributed by atoms with Crippen molar-refractivity contribution in [2.24, 2.45) is 0 Å². The molecule has 1 aliphatic heterocycles. The lowest BCUT2D eigenvalue weighted by Gasteiger charge is -2.22. The largest absolute Gasteiger partial charge is 0.495 e.